The summed E-state index contributed by atoms with van der Waals surface area (Å²) in [7, 11) is 1.90. The first-order chi connectivity index (χ1) is 8.58. The van der Waals surface area contributed by atoms with Crippen molar-refractivity contribution in [1.29, 1.82) is 0 Å². The Morgan fingerprint density at radius 1 is 1.42 bits per heavy atom. The Labute approximate surface area is 128 Å². The Hall–Kier alpha value is -0.920. The van der Waals surface area contributed by atoms with Gasteiger partial charge in [-0.1, -0.05) is 0 Å². The Morgan fingerprint density at radius 2 is 2.11 bits per heavy atom. The third-order valence-electron chi connectivity index (χ3n) is 3.12. The van der Waals surface area contributed by atoms with Crippen LogP contribution < -0.4 is 5.73 Å². The number of rotatable bonds is 4. The normalized spacial score (nSPS) is 15.0. The molecule has 0 atom stereocenters. The molecule has 1 aliphatic rings. The number of guanidine groups is 1. The van der Waals surface area contributed by atoms with Crippen molar-refractivity contribution in [3.8, 4) is 0 Å². The van der Waals surface area contributed by atoms with Crippen molar-refractivity contribution in [2.24, 2.45) is 10.7 Å². The van der Waals surface area contributed by atoms with Crippen molar-refractivity contribution in [2.75, 3.05) is 13.6 Å². The number of hydrogen-bond donors (Lipinski definition) is 1. The summed E-state index contributed by atoms with van der Waals surface area (Å²) >= 11 is 0. The number of benzene rings is 1. The van der Waals surface area contributed by atoms with Crippen LogP contribution in [0.3, 0.4) is 0 Å². The zero-order chi connectivity index (χ0) is 13.1. The zero-order valence-corrected chi connectivity index (χ0v) is 13.1. The molecular weight excluding hydrogens is 363 g/mol. The smallest absolute Gasteiger partial charge is 0.191 e. The van der Waals surface area contributed by atoms with Gasteiger partial charge < -0.3 is 10.6 Å². The van der Waals surface area contributed by atoms with Crippen molar-refractivity contribution in [3.05, 3.63) is 35.4 Å². The summed E-state index contributed by atoms with van der Waals surface area (Å²) < 4.78 is 26.3. The van der Waals surface area contributed by atoms with Gasteiger partial charge in [-0.05, 0) is 43.0 Å². The monoisotopic (exact) mass is 381 g/mol. The minimum absolute atomic E-state index is 0. The molecule has 19 heavy (non-hydrogen) atoms. The van der Waals surface area contributed by atoms with Gasteiger partial charge >= 0.3 is 0 Å². The maximum Gasteiger partial charge on any atom is 0.191 e. The van der Waals surface area contributed by atoms with Gasteiger partial charge in [0, 0.05) is 19.6 Å². The molecule has 0 aliphatic heterocycles. The molecule has 3 nitrogen and oxygen atoms in total. The second-order valence-corrected chi connectivity index (χ2v) is 4.57. The van der Waals surface area contributed by atoms with E-state index < -0.39 is 11.6 Å². The molecule has 0 spiro atoms. The number of nitrogens with two attached hydrogens (primary N) is 1. The Morgan fingerprint density at radius 3 is 2.74 bits per heavy atom. The van der Waals surface area contributed by atoms with Crippen molar-refractivity contribution in [2.45, 2.75) is 25.3 Å². The van der Waals surface area contributed by atoms with Gasteiger partial charge in [-0.15, -0.1) is 24.0 Å². The van der Waals surface area contributed by atoms with Crippen molar-refractivity contribution in [1.82, 2.24) is 4.90 Å². The molecule has 1 aromatic rings. The van der Waals surface area contributed by atoms with Crippen LogP contribution in [0.5, 0.6) is 0 Å². The second-order valence-electron chi connectivity index (χ2n) is 4.57. The Bertz CT molecular complexity index is 461. The lowest BCUT2D eigenvalue weighted by Gasteiger charge is -2.16. The number of hydrogen-bond acceptors (Lipinski definition) is 1. The van der Waals surface area contributed by atoms with Crippen LogP contribution in [-0.4, -0.2) is 30.5 Å². The van der Waals surface area contributed by atoms with Gasteiger partial charge in [0.1, 0.15) is 11.6 Å². The average Bonchev–Trinajstić information content (AvgIpc) is 3.16. The number of aliphatic imine (C=N–C) groups is 1. The summed E-state index contributed by atoms with van der Waals surface area (Å²) in [5.74, 6) is -0.367. The predicted molar refractivity (Wildman–Crippen MR) is 82.8 cm³/mol. The summed E-state index contributed by atoms with van der Waals surface area (Å²) in [6.45, 7) is 0.364. The van der Waals surface area contributed by atoms with Crippen LogP contribution in [0.2, 0.25) is 0 Å². The molecule has 0 bridgehead atoms. The summed E-state index contributed by atoms with van der Waals surface area (Å²) in [6, 6.07) is 3.94. The SMILES string of the molecule is CN(C(N)=NCCc1cc(F)ccc1F)C1CC1.I. The van der Waals surface area contributed by atoms with Gasteiger partial charge in [0.2, 0.25) is 0 Å². The quantitative estimate of drug-likeness (QED) is 0.495. The first-order valence-corrected chi connectivity index (χ1v) is 6.04. The van der Waals surface area contributed by atoms with E-state index in [1.54, 1.807) is 0 Å². The summed E-state index contributed by atoms with van der Waals surface area (Å²) in [5.41, 5.74) is 6.13. The molecule has 6 heteroatoms. The molecule has 1 fully saturated rings. The first-order valence-electron chi connectivity index (χ1n) is 6.04. The van der Waals surface area contributed by atoms with Crippen LogP contribution >= 0.6 is 24.0 Å². The fourth-order valence-electron chi connectivity index (χ4n) is 1.79. The molecule has 1 aromatic carbocycles. The molecule has 0 amide bonds. The third kappa shape index (κ3) is 4.59. The molecule has 1 saturated carbocycles. The topological polar surface area (TPSA) is 41.6 Å². The van der Waals surface area contributed by atoms with Gasteiger partial charge in [-0.25, -0.2) is 8.78 Å². The van der Waals surface area contributed by atoms with E-state index in [4.69, 9.17) is 5.73 Å². The lowest BCUT2D eigenvalue weighted by Crippen LogP contribution is -2.35. The van der Waals surface area contributed by atoms with Crippen LogP contribution in [0, 0.1) is 11.6 Å². The minimum atomic E-state index is -0.432. The van der Waals surface area contributed by atoms with Crippen molar-refractivity contribution >= 4 is 29.9 Å². The second kappa shape index (κ2) is 7.02. The standard InChI is InChI=1S/C13H17F2N3.HI/c1-18(11-3-4-11)13(16)17-7-6-9-8-10(14)2-5-12(9)15;/h2,5,8,11H,3-4,6-7H2,1H3,(H2,16,17);1H. The first kappa shape index (κ1) is 16.1. The average molecular weight is 381 g/mol. The van der Waals surface area contributed by atoms with E-state index in [0.717, 1.165) is 25.0 Å². The molecule has 2 rings (SSSR count). The fourth-order valence-corrected chi connectivity index (χ4v) is 1.79. The molecule has 0 aromatic heterocycles. The highest BCUT2D eigenvalue weighted by molar-refractivity contribution is 14.0. The predicted octanol–water partition coefficient (Wildman–Crippen LogP) is 2.53. The van der Waals surface area contributed by atoms with Crippen LogP contribution in [-0.2, 0) is 6.42 Å². The highest BCUT2D eigenvalue weighted by Crippen LogP contribution is 2.24. The van der Waals surface area contributed by atoms with Crippen molar-refractivity contribution in [3.63, 3.8) is 0 Å². The van der Waals surface area contributed by atoms with Gasteiger partial charge in [-0.3, -0.25) is 4.99 Å². The highest BCUT2D eigenvalue weighted by atomic mass is 127. The van der Waals surface area contributed by atoms with Gasteiger partial charge in [0.15, 0.2) is 5.96 Å². The van der Waals surface area contributed by atoms with Crippen molar-refractivity contribution < 1.29 is 8.78 Å². The molecular formula is C13H18F2IN3. The van der Waals surface area contributed by atoms with E-state index in [-0.39, 0.29) is 24.0 Å². The zero-order valence-electron chi connectivity index (χ0n) is 10.8. The summed E-state index contributed by atoms with van der Waals surface area (Å²) in [6.07, 6.45) is 2.64. The van der Waals surface area contributed by atoms with E-state index in [2.05, 4.69) is 4.99 Å². The minimum Gasteiger partial charge on any atom is -0.370 e. The molecule has 1 aliphatic carbocycles. The molecule has 2 N–H and O–H groups in total. The molecule has 0 heterocycles. The van der Waals surface area contributed by atoms with E-state index in [1.165, 1.54) is 6.07 Å². The molecule has 106 valence electrons. The maximum atomic E-state index is 13.3. The Balaban J connectivity index is 0.00000180. The van der Waals surface area contributed by atoms with Gasteiger partial charge in [0.25, 0.3) is 0 Å². The van der Waals surface area contributed by atoms with Crippen LogP contribution in [0.15, 0.2) is 23.2 Å². The lowest BCUT2D eigenvalue weighted by atomic mass is 10.1. The molecule has 0 unspecified atom stereocenters. The van der Waals surface area contributed by atoms with Crippen LogP contribution in [0.1, 0.15) is 18.4 Å². The maximum absolute atomic E-state index is 13.3. The summed E-state index contributed by atoms with van der Waals surface area (Å²) in [4.78, 5) is 6.12. The Kier molecular flexibility index (Phi) is 5.96. The van der Waals surface area contributed by atoms with Crippen LogP contribution in [0.25, 0.3) is 0 Å². The molecule has 0 radical (unpaired) electrons. The number of halogens is 3. The fraction of sp³-hybridized carbons (Fsp3) is 0.462. The third-order valence-corrected chi connectivity index (χ3v) is 3.12. The van der Waals surface area contributed by atoms with Crippen LogP contribution in [0.4, 0.5) is 8.78 Å². The van der Waals surface area contributed by atoms with Gasteiger partial charge in [-0.2, -0.15) is 0 Å². The van der Waals surface area contributed by atoms with E-state index >= 15 is 0 Å². The van der Waals surface area contributed by atoms with E-state index in [9.17, 15) is 8.78 Å². The van der Waals surface area contributed by atoms with E-state index in [0.29, 0.717) is 30.5 Å². The van der Waals surface area contributed by atoms with Gasteiger partial charge in [0.05, 0.1) is 0 Å². The summed E-state index contributed by atoms with van der Waals surface area (Å²) in [5, 5.41) is 0. The molecule has 0 saturated heterocycles. The number of nitrogens with zero attached hydrogens (tertiary/aromatic N) is 2. The highest BCUT2D eigenvalue weighted by Gasteiger charge is 2.27. The lowest BCUT2D eigenvalue weighted by molar-refractivity contribution is 0.487. The largest absolute Gasteiger partial charge is 0.370 e. The van der Waals surface area contributed by atoms with E-state index in [1.807, 2.05) is 11.9 Å².